The number of amidine groups is 1. The van der Waals surface area contributed by atoms with Gasteiger partial charge in [-0.3, -0.25) is 5.41 Å². The van der Waals surface area contributed by atoms with Crippen LogP contribution in [-0.4, -0.2) is 36.0 Å². The molecule has 0 saturated heterocycles. The van der Waals surface area contributed by atoms with Gasteiger partial charge in [0.15, 0.2) is 11.6 Å². The molecule has 3 aromatic carbocycles. The van der Waals surface area contributed by atoms with Crippen molar-refractivity contribution in [3.8, 4) is 34.4 Å². The Morgan fingerprint density at radius 3 is 2.19 bits per heavy atom. The number of benzene rings is 3. The molecule has 0 unspecified atom stereocenters. The number of ether oxygens (including phenoxy) is 2. The Labute approximate surface area is 211 Å². The summed E-state index contributed by atoms with van der Waals surface area (Å²) in [5, 5.41) is 17.3. The maximum Gasteiger partial charge on any atom is 0.341 e. The number of nitrogens with one attached hydrogen (secondary N) is 1. The molecule has 4 aromatic rings. The Bertz CT molecular complexity index is 1510. The van der Waals surface area contributed by atoms with Crippen LogP contribution in [0.4, 0.5) is 14.5 Å². The fourth-order valence-corrected chi connectivity index (χ4v) is 3.59. The largest absolute Gasteiger partial charge is 0.477 e. The molecule has 1 heterocycles. The number of hydrogen-bond donors (Lipinski definition) is 3. The van der Waals surface area contributed by atoms with Gasteiger partial charge in [0.25, 0.3) is 11.8 Å². The topological polar surface area (TPSA) is 122 Å². The third kappa shape index (κ3) is 5.48. The number of halogens is 2. The van der Waals surface area contributed by atoms with E-state index in [1.165, 1.54) is 6.07 Å². The van der Waals surface area contributed by atoms with Gasteiger partial charge in [-0.1, -0.05) is 36.4 Å². The number of nitrogen functional groups attached to an aromatic ring is 1. The van der Waals surface area contributed by atoms with E-state index in [4.69, 9.17) is 20.6 Å². The first-order valence-electron chi connectivity index (χ1n) is 10.9. The van der Waals surface area contributed by atoms with Crippen molar-refractivity contribution in [2.24, 2.45) is 5.73 Å². The highest BCUT2D eigenvalue weighted by Crippen LogP contribution is 2.35. The Hall–Kier alpha value is -4.99. The van der Waals surface area contributed by atoms with Crippen LogP contribution in [0, 0.1) is 17.0 Å². The van der Waals surface area contributed by atoms with Crippen molar-refractivity contribution in [3.05, 3.63) is 95.6 Å². The van der Waals surface area contributed by atoms with Crippen LogP contribution < -0.4 is 20.1 Å². The molecule has 10 heteroatoms. The van der Waals surface area contributed by atoms with E-state index < -0.39 is 29.4 Å². The Morgan fingerprint density at radius 1 is 0.919 bits per heavy atom. The number of rotatable bonds is 8. The first-order valence-corrected chi connectivity index (χ1v) is 10.9. The lowest BCUT2D eigenvalue weighted by molar-refractivity contribution is 0.0694. The summed E-state index contributed by atoms with van der Waals surface area (Å²) in [4.78, 5) is 17.3. The highest BCUT2D eigenvalue weighted by atomic mass is 19.1. The molecule has 0 amide bonds. The first kappa shape index (κ1) is 25.1. The summed E-state index contributed by atoms with van der Waals surface area (Å²) in [7, 11) is 3.30. The summed E-state index contributed by atoms with van der Waals surface area (Å²) in [5.74, 6) is -4.76. The van der Waals surface area contributed by atoms with E-state index >= 15 is 0 Å². The van der Waals surface area contributed by atoms with Crippen molar-refractivity contribution in [1.29, 1.82) is 5.41 Å². The van der Waals surface area contributed by atoms with Gasteiger partial charge < -0.3 is 25.2 Å². The number of carboxylic acid groups (broad SMARTS) is 1. The lowest BCUT2D eigenvalue weighted by Gasteiger charge is -2.18. The maximum atomic E-state index is 14.6. The Morgan fingerprint density at radius 2 is 1.54 bits per heavy atom. The molecule has 1 aromatic heterocycles. The van der Waals surface area contributed by atoms with E-state index in [0.29, 0.717) is 22.9 Å². The number of anilines is 1. The molecular formula is C27H22F2N4O4. The van der Waals surface area contributed by atoms with Crippen LogP contribution in [0.15, 0.2) is 72.8 Å². The molecule has 0 spiro atoms. The van der Waals surface area contributed by atoms with Crippen LogP contribution in [0.1, 0.15) is 15.9 Å². The highest BCUT2D eigenvalue weighted by molar-refractivity contribution is 5.98. The number of aromatic carboxylic acids is 1. The van der Waals surface area contributed by atoms with Gasteiger partial charge in [0.05, 0.1) is 5.69 Å². The molecule has 0 radical (unpaired) electrons. The average molecular weight is 504 g/mol. The summed E-state index contributed by atoms with van der Waals surface area (Å²) < 4.78 is 40.2. The quantitative estimate of drug-likeness (QED) is 0.209. The predicted octanol–water partition coefficient (Wildman–Crippen LogP) is 5.66. The van der Waals surface area contributed by atoms with Crippen molar-refractivity contribution >= 4 is 17.5 Å². The molecule has 37 heavy (non-hydrogen) atoms. The minimum absolute atomic E-state index is 0.0819. The van der Waals surface area contributed by atoms with Crippen LogP contribution in [0.3, 0.4) is 0 Å². The highest BCUT2D eigenvalue weighted by Gasteiger charge is 2.22. The lowest BCUT2D eigenvalue weighted by atomic mass is 10.0. The van der Waals surface area contributed by atoms with Crippen molar-refractivity contribution in [2.75, 3.05) is 19.0 Å². The summed E-state index contributed by atoms with van der Waals surface area (Å²) in [5.41, 5.74) is 7.68. The van der Waals surface area contributed by atoms with Crippen LogP contribution in [0.5, 0.6) is 23.3 Å². The number of pyridine rings is 1. The number of carboxylic acids is 1. The van der Waals surface area contributed by atoms with Gasteiger partial charge in [0.2, 0.25) is 0 Å². The SMILES string of the molecule is CN(C)c1cccc(Oc2nc(Oc3cccc(-c4cccc(C(=N)N)c4)c3)c(F)cc2F)c1C(=O)O. The second kappa shape index (κ2) is 10.3. The molecule has 4 N–H and O–H groups in total. The van der Waals surface area contributed by atoms with Gasteiger partial charge >= 0.3 is 5.97 Å². The van der Waals surface area contributed by atoms with Crippen LogP contribution in [-0.2, 0) is 0 Å². The molecule has 0 fully saturated rings. The standard InChI is InChI=1S/C27H22F2N4O4/c1-33(2)21-10-5-11-22(23(21)27(34)35)37-26-20(29)14-19(28)25(32-26)36-18-9-4-7-16(13-18)15-6-3-8-17(12-15)24(30)31/h3-14H,1-2H3,(H3,30,31)(H,34,35). The third-order valence-electron chi connectivity index (χ3n) is 5.33. The van der Waals surface area contributed by atoms with E-state index in [1.54, 1.807) is 73.6 Å². The van der Waals surface area contributed by atoms with Crippen LogP contribution >= 0.6 is 0 Å². The normalized spacial score (nSPS) is 10.6. The van der Waals surface area contributed by atoms with Gasteiger partial charge in [-0.05, 0) is 41.5 Å². The predicted molar refractivity (Wildman–Crippen MR) is 135 cm³/mol. The monoisotopic (exact) mass is 504 g/mol. The maximum absolute atomic E-state index is 14.6. The van der Waals surface area contributed by atoms with Gasteiger partial charge in [-0.15, -0.1) is 0 Å². The first-order chi connectivity index (χ1) is 17.6. The fourth-order valence-electron chi connectivity index (χ4n) is 3.59. The number of aromatic nitrogens is 1. The second-order valence-corrected chi connectivity index (χ2v) is 8.14. The minimum Gasteiger partial charge on any atom is -0.477 e. The summed E-state index contributed by atoms with van der Waals surface area (Å²) >= 11 is 0. The number of hydrogen-bond acceptors (Lipinski definition) is 6. The molecule has 0 bridgehead atoms. The van der Waals surface area contributed by atoms with E-state index in [9.17, 15) is 18.7 Å². The van der Waals surface area contributed by atoms with Crippen molar-refractivity contribution in [3.63, 3.8) is 0 Å². The minimum atomic E-state index is -1.29. The summed E-state index contributed by atoms with van der Waals surface area (Å²) in [6.07, 6.45) is 0. The molecular weight excluding hydrogens is 482 g/mol. The number of carbonyl (C=O) groups is 1. The van der Waals surface area contributed by atoms with Gasteiger partial charge in [-0.25, -0.2) is 13.6 Å². The van der Waals surface area contributed by atoms with Crippen molar-refractivity contribution in [1.82, 2.24) is 4.98 Å². The number of nitrogens with two attached hydrogens (primary N) is 1. The lowest BCUT2D eigenvalue weighted by Crippen LogP contribution is -2.14. The molecule has 0 aliphatic rings. The van der Waals surface area contributed by atoms with Crippen molar-refractivity contribution in [2.45, 2.75) is 0 Å². The molecule has 188 valence electrons. The summed E-state index contributed by atoms with van der Waals surface area (Å²) in [6.45, 7) is 0. The van der Waals surface area contributed by atoms with E-state index in [-0.39, 0.29) is 22.9 Å². The zero-order chi connectivity index (χ0) is 26.7. The van der Waals surface area contributed by atoms with Crippen molar-refractivity contribution < 1.29 is 28.2 Å². The molecule has 0 atom stereocenters. The summed E-state index contributed by atoms with van der Waals surface area (Å²) in [6, 6.07) is 18.7. The number of nitrogens with zero attached hydrogens (tertiary/aromatic N) is 2. The molecule has 4 rings (SSSR count). The molecule has 8 nitrogen and oxygen atoms in total. The third-order valence-corrected chi connectivity index (χ3v) is 5.33. The zero-order valence-electron chi connectivity index (χ0n) is 19.8. The van der Waals surface area contributed by atoms with Gasteiger partial charge in [0, 0.05) is 25.7 Å². The Kier molecular flexibility index (Phi) is 7.01. The van der Waals surface area contributed by atoms with E-state index in [0.717, 1.165) is 5.56 Å². The fraction of sp³-hybridized carbons (Fsp3) is 0.0741. The molecule has 0 aliphatic heterocycles. The van der Waals surface area contributed by atoms with Crippen LogP contribution in [0.25, 0.3) is 11.1 Å². The van der Waals surface area contributed by atoms with E-state index in [2.05, 4.69) is 4.98 Å². The molecule has 0 saturated carbocycles. The Balaban J connectivity index is 1.67. The zero-order valence-corrected chi connectivity index (χ0v) is 19.8. The average Bonchev–Trinajstić information content (AvgIpc) is 2.86. The van der Waals surface area contributed by atoms with E-state index in [1.807, 2.05) is 6.07 Å². The van der Waals surface area contributed by atoms with Crippen LogP contribution in [0.2, 0.25) is 0 Å². The molecule has 0 aliphatic carbocycles. The smallest absolute Gasteiger partial charge is 0.341 e. The van der Waals surface area contributed by atoms with Gasteiger partial charge in [0.1, 0.15) is 22.9 Å². The second-order valence-electron chi connectivity index (χ2n) is 8.14. The van der Waals surface area contributed by atoms with Gasteiger partial charge in [-0.2, -0.15) is 4.98 Å².